The van der Waals surface area contributed by atoms with Crippen LogP contribution in [0.15, 0.2) is 36.2 Å². The van der Waals surface area contributed by atoms with Crippen LogP contribution in [0.3, 0.4) is 0 Å². The Bertz CT molecular complexity index is 433. The quantitative estimate of drug-likeness (QED) is 0.902. The third-order valence-corrected chi connectivity index (χ3v) is 2.22. The molecule has 4 nitrogen and oxygen atoms in total. The van der Waals surface area contributed by atoms with Gasteiger partial charge in [0.25, 0.3) is 5.91 Å². The topological polar surface area (TPSA) is 55.6 Å². The Morgan fingerprint density at radius 1 is 1.37 bits per heavy atom. The highest BCUT2D eigenvalue weighted by atomic mass is 35.5. The summed E-state index contributed by atoms with van der Waals surface area (Å²) in [5.41, 5.74) is 5.73. The molecule has 1 amide bonds. The highest BCUT2D eigenvalue weighted by Crippen LogP contribution is 2.14. The summed E-state index contributed by atoms with van der Waals surface area (Å²) in [5, 5.41) is 0. The van der Waals surface area contributed by atoms with Crippen molar-refractivity contribution in [3.63, 3.8) is 0 Å². The summed E-state index contributed by atoms with van der Waals surface area (Å²) in [6.07, 6.45) is 1.25. The van der Waals surface area contributed by atoms with E-state index in [0.29, 0.717) is 11.3 Å². The number of carbonyl (C=O) groups is 1. The molecule has 0 heterocycles. The van der Waals surface area contributed by atoms with Crippen LogP contribution in [0.25, 0.3) is 0 Å². The molecule has 2 N–H and O–H groups in total. The summed E-state index contributed by atoms with van der Waals surface area (Å²) in [7, 11) is 3.36. The van der Waals surface area contributed by atoms with Crippen molar-refractivity contribution in [1.82, 2.24) is 4.90 Å². The van der Waals surface area contributed by atoms with Gasteiger partial charge in [-0.25, -0.2) is 4.39 Å². The van der Waals surface area contributed by atoms with E-state index in [9.17, 15) is 9.18 Å². The number of ether oxygens (including phenoxy) is 1. The average Bonchev–Trinajstić information content (AvgIpc) is 2.36. The van der Waals surface area contributed by atoms with Gasteiger partial charge in [-0.15, -0.1) is 12.4 Å². The van der Waals surface area contributed by atoms with Crippen molar-refractivity contribution in [3.8, 4) is 5.75 Å². The minimum atomic E-state index is -0.411. The molecule has 0 aliphatic rings. The van der Waals surface area contributed by atoms with Gasteiger partial charge in [0.05, 0.1) is 0 Å². The van der Waals surface area contributed by atoms with Crippen LogP contribution in [0.1, 0.15) is 10.4 Å². The SMILES string of the molecule is CN(C)C(=O)c1ccc(OC/C(F)=C/CN)cc1.Cl. The van der Waals surface area contributed by atoms with Gasteiger partial charge in [-0.2, -0.15) is 0 Å². The molecule has 0 aliphatic carbocycles. The molecular formula is C13H18ClFN2O2. The van der Waals surface area contributed by atoms with Gasteiger partial charge in [-0.3, -0.25) is 4.79 Å². The van der Waals surface area contributed by atoms with E-state index < -0.39 is 5.83 Å². The van der Waals surface area contributed by atoms with Crippen molar-refractivity contribution >= 4 is 18.3 Å². The highest BCUT2D eigenvalue weighted by Gasteiger charge is 2.07. The molecule has 0 aromatic heterocycles. The molecule has 0 saturated carbocycles. The van der Waals surface area contributed by atoms with E-state index >= 15 is 0 Å². The molecule has 1 rings (SSSR count). The monoisotopic (exact) mass is 288 g/mol. The lowest BCUT2D eigenvalue weighted by molar-refractivity contribution is 0.0827. The summed E-state index contributed by atoms with van der Waals surface area (Å²) >= 11 is 0. The van der Waals surface area contributed by atoms with Gasteiger partial charge in [0.1, 0.15) is 18.2 Å². The van der Waals surface area contributed by atoms with Crippen molar-refractivity contribution in [1.29, 1.82) is 0 Å². The average molecular weight is 289 g/mol. The summed E-state index contributed by atoms with van der Waals surface area (Å²) in [6.45, 7) is -0.0103. The fourth-order valence-electron chi connectivity index (χ4n) is 1.29. The fraction of sp³-hybridized carbons (Fsp3) is 0.308. The van der Waals surface area contributed by atoms with Crippen molar-refractivity contribution in [2.75, 3.05) is 27.2 Å². The maximum absolute atomic E-state index is 13.0. The van der Waals surface area contributed by atoms with Crippen molar-refractivity contribution in [2.24, 2.45) is 5.73 Å². The van der Waals surface area contributed by atoms with Crippen LogP contribution in [0.4, 0.5) is 4.39 Å². The maximum atomic E-state index is 13.0. The van der Waals surface area contributed by atoms with Crippen LogP contribution in [0.5, 0.6) is 5.75 Å². The van der Waals surface area contributed by atoms with E-state index in [1.54, 1.807) is 38.4 Å². The summed E-state index contributed by atoms with van der Waals surface area (Å²) in [5.74, 6) is 0.00702. The molecule has 6 heteroatoms. The minimum absolute atomic E-state index is 0. The number of hydrogen-bond donors (Lipinski definition) is 1. The number of benzene rings is 1. The van der Waals surface area contributed by atoms with Crippen LogP contribution >= 0.6 is 12.4 Å². The van der Waals surface area contributed by atoms with E-state index in [0.717, 1.165) is 0 Å². The first kappa shape index (κ1) is 17.4. The largest absolute Gasteiger partial charge is 0.487 e. The third kappa shape index (κ3) is 5.72. The number of carbonyl (C=O) groups excluding carboxylic acids is 1. The molecule has 19 heavy (non-hydrogen) atoms. The number of nitrogens with zero attached hydrogens (tertiary/aromatic N) is 1. The predicted octanol–water partition coefficient (Wildman–Crippen LogP) is 2.00. The van der Waals surface area contributed by atoms with E-state index in [-0.39, 0.29) is 31.5 Å². The van der Waals surface area contributed by atoms with Crippen LogP contribution in [0.2, 0.25) is 0 Å². The van der Waals surface area contributed by atoms with E-state index in [1.165, 1.54) is 11.0 Å². The molecule has 0 aliphatic heterocycles. The number of hydrogen-bond acceptors (Lipinski definition) is 3. The predicted molar refractivity (Wildman–Crippen MR) is 75.4 cm³/mol. The van der Waals surface area contributed by atoms with Crippen LogP contribution < -0.4 is 10.5 Å². The Labute approximate surface area is 118 Å². The second-order valence-electron chi connectivity index (χ2n) is 3.90. The molecule has 0 unspecified atom stereocenters. The molecule has 0 atom stereocenters. The molecule has 0 fully saturated rings. The third-order valence-electron chi connectivity index (χ3n) is 2.22. The van der Waals surface area contributed by atoms with Crippen molar-refractivity contribution in [3.05, 3.63) is 41.7 Å². The zero-order valence-corrected chi connectivity index (χ0v) is 11.7. The molecule has 0 bridgehead atoms. The van der Waals surface area contributed by atoms with E-state index in [2.05, 4.69) is 0 Å². The van der Waals surface area contributed by atoms with Gasteiger partial charge in [0.2, 0.25) is 0 Å². The number of nitrogens with two attached hydrogens (primary N) is 1. The maximum Gasteiger partial charge on any atom is 0.253 e. The smallest absolute Gasteiger partial charge is 0.253 e. The molecule has 1 aromatic rings. The zero-order chi connectivity index (χ0) is 13.5. The molecule has 0 saturated heterocycles. The minimum Gasteiger partial charge on any atom is -0.487 e. The number of rotatable bonds is 5. The number of amides is 1. The van der Waals surface area contributed by atoms with Gasteiger partial charge in [0.15, 0.2) is 0 Å². The van der Waals surface area contributed by atoms with Crippen LogP contribution in [0, 0.1) is 0 Å². The lowest BCUT2D eigenvalue weighted by Gasteiger charge is -2.10. The lowest BCUT2D eigenvalue weighted by Crippen LogP contribution is -2.21. The van der Waals surface area contributed by atoms with Gasteiger partial charge in [-0.05, 0) is 30.3 Å². The summed E-state index contributed by atoms with van der Waals surface area (Å²) < 4.78 is 18.2. The summed E-state index contributed by atoms with van der Waals surface area (Å²) in [4.78, 5) is 13.1. The Morgan fingerprint density at radius 2 is 1.95 bits per heavy atom. The second-order valence-corrected chi connectivity index (χ2v) is 3.90. The summed E-state index contributed by atoms with van der Waals surface area (Å²) in [6, 6.07) is 6.54. The van der Waals surface area contributed by atoms with Crippen molar-refractivity contribution < 1.29 is 13.9 Å². The first-order chi connectivity index (χ1) is 8.54. The first-order valence-corrected chi connectivity index (χ1v) is 5.53. The van der Waals surface area contributed by atoms with Crippen LogP contribution in [-0.2, 0) is 0 Å². The number of halogens is 2. The van der Waals surface area contributed by atoms with E-state index in [4.69, 9.17) is 10.5 Å². The standard InChI is InChI=1S/C13H17FN2O2.ClH/c1-16(2)13(17)10-3-5-12(6-4-10)18-9-11(14)7-8-15;/h3-7H,8-9,15H2,1-2H3;1H/b11-7-;. The molecule has 0 spiro atoms. The van der Waals surface area contributed by atoms with E-state index in [1.807, 2.05) is 0 Å². The van der Waals surface area contributed by atoms with Crippen molar-refractivity contribution in [2.45, 2.75) is 0 Å². The molecule has 106 valence electrons. The second kappa shape index (κ2) is 8.50. The first-order valence-electron chi connectivity index (χ1n) is 5.53. The Hall–Kier alpha value is -1.59. The van der Waals surface area contributed by atoms with Crippen LogP contribution in [-0.4, -0.2) is 38.1 Å². The Morgan fingerprint density at radius 3 is 2.42 bits per heavy atom. The normalized spacial score (nSPS) is 10.6. The zero-order valence-electron chi connectivity index (χ0n) is 10.9. The molecule has 1 aromatic carbocycles. The Balaban J connectivity index is 0.00000324. The van der Waals surface area contributed by atoms with Gasteiger partial charge >= 0.3 is 0 Å². The van der Waals surface area contributed by atoms with Gasteiger partial charge < -0.3 is 15.4 Å². The lowest BCUT2D eigenvalue weighted by atomic mass is 10.2. The van der Waals surface area contributed by atoms with Gasteiger partial charge in [0, 0.05) is 26.2 Å². The fourth-order valence-corrected chi connectivity index (χ4v) is 1.29. The Kier molecular flexibility index (Phi) is 7.79. The van der Waals surface area contributed by atoms with Gasteiger partial charge in [-0.1, -0.05) is 0 Å². The molecule has 0 radical (unpaired) electrons. The highest BCUT2D eigenvalue weighted by molar-refractivity contribution is 5.93. The molecular weight excluding hydrogens is 271 g/mol.